The molecule has 102 valence electrons. The highest BCUT2D eigenvalue weighted by Gasteiger charge is 2.13. The maximum atomic E-state index is 10.9. The lowest BCUT2D eigenvalue weighted by atomic mass is 10.2. The van der Waals surface area contributed by atoms with Crippen molar-refractivity contribution in [2.45, 2.75) is 19.9 Å². The highest BCUT2D eigenvalue weighted by atomic mass is 16.5. The van der Waals surface area contributed by atoms with Crippen LogP contribution in [0.5, 0.6) is 0 Å². The maximum absolute atomic E-state index is 10.9. The van der Waals surface area contributed by atoms with Crippen LogP contribution in [-0.2, 0) is 9.53 Å². The van der Waals surface area contributed by atoms with Gasteiger partial charge in [0.25, 0.3) is 0 Å². The number of esters is 1. The Kier molecular flexibility index (Phi) is 3.10. The largest absolute Gasteiger partial charge is 0.464 e. The van der Waals surface area contributed by atoms with E-state index in [1.807, 2.05) is 35.8 Å². The zero-order chi connectivity index (χ0) is 14.1. The van der Waals surface area contributed by atoms with Crippen LogP contribution in [0.25, 0.3) is 21.9 Å². The van der Waals surface area contributed by atoms with Gasteiger partial charge in [-0.05, 0) is 13.0 Å². The highest BCUT2D eigenvalue weighted by molar-refractivity contribution is 6.01. The number of nitrogens with zero attached hydrogens (tertiary/aromatic N) is 3. The third-order valence-corrected chi connectivity index (χ3v) is 3.31. The molecular weight excluding hydrogens is 254 g/mol. The van der Waals surface area contributed by atoms with Gasteiger partial charge in [0.1, 0.15) is 12.1 Å². The van der Waals surface area contributed by atoms with Gasteiger partial charge in [-0.3, -0.25) is 9.78 Å². The van der Waals surface area contributed by atoms with E-state index in [0.29, 0.717) is 6.61 Å². The Morgan fingerprint density at radius 3 is 2.90 bits per heavy atom. The Balaban J connectivity index is 2.11. The summed E-state index contributed by atoms with van der Waals surface area (Å²) in [5.41, 5.74) is 2.80. The summed E-state index contributed by atoms with van der Waals surface area (Å²) in [5, 5.41) is 1.05. The number of carbonyl (C=O) groups is 1. The number of pyridine rings is 1. The van der Waals surface area contributed by atoms with E-state index < -0.39 is 0 Å². The number of rotatable bonds is 3. The Labute approximate surface area is 116 Å². The van der Waals surface area contributed by atoms with Crippen LogP contribution in [-0.4, -0.2) is 27.1 Å². The van der Waals surface area contributed by atoms with Crippen LogP contribution in [0.3, 0.4) is 0 Å². The second-order valence-corrected chi connectivity index (χ2v) is 4.81. The number of hydrogen-bond donors (Lipinski definition) is 0. The first-order valence-corrected chi connectivity index (χ1v) is 6.50. The first kappa shape index (κ1) is 12.6. The van der Waals surface area contributed by atoms with Crippen LogP contribution in [0.4, 0.5) is 0 Å². The van der Waals surface area contributed by atoms with Crippen LogP contribution < -0.4 is 0 Å². The minimum Gasteiger partial charge on any atom is -0.464 e. The van der Waals surface area contributed by atoms with Crippen molar-refractivity contribution in [3.05, 3.63) is 36.8 Å². The molecule has 0 N–H and O–H groups in total. The summed E-state index contributed by atoms with van der Waals surface area (Å²) in [6.07, 6.45) is 3.54. The highest BCUT2D eigenvalue weighted by Crippen LogP contribution is 2.25. The topological polar surface area (TPSA) is 57.0 Å². The Hall–Kier alpha value is -2.43. The SMILES string of the molecule is CC(=O)OCC(C)n1cnc2cnc3ccccc3c21. The molecule has 1 atom stereocenters. The summed E-state index contributed by atoms with van der Waals surface area (Å²) in [4.78, 5) is 19.7. The van der Waals surface area contributed by atoms with Crippen molar-refractivity contribution < 1.29 is 9.53 Å². The fourth-order valence-electron chi connectivity index (χ4n) is 2.32. The van der Waals surface area contributed by atoms with Gasteiger partial charge >= 0.3 is 5.97 Å². The van der Waals surface area contributed by atoms with Crippen molar-refractivity contribution in [1.29, 1.82) is 0 Å². The lowest BCUT2D eigenvalue weighted by Crippen LogP contribution is -2.13. The molecule has 2 aromatic heterocycles. The summed E-state index contributed by atoms with van der Waals surface area (Å²) >= 11 is 0. The van der Waals surface area contributed by atoms with Crippen molar-refractivity contribution in [3.63, 3.8) is 0 Å². The average Bonchev–Trinajstić information content (AvgIpc) is 2.89. The van der Waals surface area contributed by atoms with Gasteiger partial charge in [0.05, 0.1) is 29.6 Å². The van der Waals surface area contributed by atoms with Gasteiger partial charge in [-0.2, -0.15) is 0 Å². The molecular formula is C15H15N3O2. The Morgan fingerprint density at radius 2 is 2.10 bits per heavy atom. The average molecular weight is 269 g/mol. The predicted molar refractivity (Wildman–Crippen MR) is 76.4 cm³/mol. The minimum absolute atomic E-state index is 0.0229. The van der Waals surface area contributed by atoms with Gasteiger partial charge in [0, 0.05) is 12.3 Å². The molecule has 0 aliphatic carbocycles. The third-order valence-electron chi connectivity index (χ3n) is 3.31. The first-order valence-electron chi connectivity index (χ1n) is 6.50. The van der Waals surface area contributed by atoms with Gasteiger partial charge in [-0.1, -0.05) is 18.2 Å². The predicted octanol–water partition coefficient (Wildman–Crippen LogP) is 2.71. The number of carbonyl (C=O) groups excluding carboxylic acids is 1. The van der Waals surface area contributed by atoms with Crippen LogP contribution in [0.2, 0.25) is 0 Å². The van der Waals surface area contributed by atoms with Crippen molar-refractivity contribution >= 4 is 27.9 Å². The van der Waals surface area contributed by atoms with Crippen LogP contribution in [0.15, 0.2) is 36.8 Å². The summed E-state index contributed by atoms with van der Waals surface area (Å²) < 4.78 is 7.12. The zero-order valence-electron chi connectivity index (χ0n) is 11.4. The molecule has 1 unspecified atom stereocenters. The number of fused-ring (bicyclic) bond motifs is 3. The summed E-state index contributed by atoms with van der Waals surface area (Å²) in [5.74, 6) is -0.271. The number of aromatic nitrogens is 3. The van der Waals surface area contributed by atoms with Crippen LogP contribution >= 0.6 is 0 Å². The minimum atomic E-state index is -0.271. The van der Waals surface area contributed by atoms with E-state index in [1.165, 1.54) is 6.92 Å². The van der Waals surface area contributed by atoms with Crippen molar-refractivity contribution in [1.82, 2.24) is 14.5 Å². The summed E-state index contributed by atoms with van der Waals surface area (Å²) in [6.45, 7) is 3.74. The van der Waals surface area contributed by atoms with Crippen molar-refractivity contribution in [2.75, 3.05) is 6.61 Å². The molecule has 3 rings (SSSR count). The molecule has 1 aromatic carbocycles. The van der Waals surface area contributed by atoms with Gasteiger partial charge < -0.3 is 9.30 Å². The molecule has 0 fully saturated rings. The molecule has 0 amide bonds. The standard InChI is InChI=1S/C15H15N3O2/c1-10(8-20-11(2)19)18-9-17-14-7-16-13-6-4-3-5-12(13)15(14)18/h3-7,9-10H,8H2,1-2H3. The second-order valence-electron chi connectivity index (χ2n) is 4.81. The zero-order valence-corrected chi connectivity index (χ0v) is 11.4. The fraction of sp³-hybridized carbons (Fsp3) is 0.267. The molecule has 0 radical (unpaired) electrons. The molecule has 0 aliphatic rings. The third kappa shape index (κ3) is 2.11. The molecule has 5 heteroatoms. The Bertz CT molecular complexity index is 779. The number of benzene rings is 1. The lowest BCUT2D eigenvalue weighted by molar-refractivity contribution is -0.141. The second kappa shape index (κ2) is 4.92. The summed E-state index contributed by atoms with van der Waals surface area (Å²) in [7, 11) is 0. The van der Waals surface area contributed by atoms with Crippen LogP contribution in [0, 0.1) is 0 Å². The van der Waals surface area contributed by atoms with Crippen molar-refractivity contribution in [2.24, 2.45) is 0 Å². The molecule has 0 saturated heterocycles. The lowest BCUT2D eigenvalue weighted by Gasteiger charge is -2.14. The molecule has 0 saturated carbocycles. The smallest absolute Gasteiger partial charge is 0.302 e. The van der Waals surface area contributed by atoms with Gasteiger partial charge in [0.15, 0.2) is 0 Å². The van der Waals surface area contributed by atoms with E-state index in [-0.39, 0.29) is 12.0 Å². The van der Waals surface area contributed by atoms with E-state index in [2.05, 4.69) is 9.97 Å². The number of hydrogen-bond acceptors (Lipinski definition) is 4. The normalized spacial score (nSPS) is 12.7. The van der Waals surface area contributed by atoms with E-state index in [1.54, 1.807) is 12.5 Å². The van der Waals surface area contributed by atoms with Gasteiger partial charge in [-0.25, -0.2) is 4.98 Å². The van der Waals surface area contributed by atoms with Crippen LogP contribution in [0.1, 0.15) is 19.9 Å². The van der Waals surface area contributed by atoms with E-state index in [0.717, 1.165) is 21.9 Å². The summed E-state index contributed by atoms with van der Waals surface area (Å²) in [6, 6.07) is 7.97. The van der Waals surface area contributed by atoms with E-state index in [9.17, 15) is 4.79 Å². The fourth-order valence-corrected chi connectivity index (χ4v) is 2.32. The van der Waals surface area contributed by atoms with E-state index in [4.69, 9.17) is 4.74 Å². The van der Waals surface area contributed by atoms with Gasteiger partial charge in [0.2, 0.25) is 0 Å². The number of imidazole rings is 1. The van der Waals surface area contributed by atoms with Crippen molar-refractivity contribution in [3.8, 4) is 0 Å². The molecule has 0 aliphatic heterocycles. The molecule has 2 heterocycles. The quantitative estimate of drug-likeness (QED) is 0.686. The molecule has 0 spiro atoms. The number of ether oxygens (including phenoxy) is 1. The molecule has 20 heavy (non-hydrogen) atoms. The number of para-hydroxylation sites is 1. The monoisotopic (exact) mass is 269 g/mol. The molecule has 3 aromatic rings. The molecule has 0 bridgehead atoms. The Morgan fingerprint density at radius 1 is 1.30 bits per heavy atom. The maximum Gasteiger partial charge on any atom is 0.302 e. The first-order chi connectivity index (χ1) is 9.66. The molecule has 5 nitrogen and oxygen atoms in total. The van der Waals surface area contributed by atoms with E-state index >= 15 is 0 Å². The van der Waals surface area contributed by atoms with Gasteiger partial charge in [-0.15, -0.1) is 0 Å².